The van der Waals surface area contributed by atoms with Crippen LogP contribution in [0.1, 0.15) is 18.1 Å². The number of nitrogens with zero attached hydrogens (tertiary/aromatic N) is 3. The molecule has 4 rings (SSSR count). The molecule has 1 amide bonds. The summed E-state index contributed by atoms with van der Waals surface area (Å²) in [5.41, 5.74) is 2.09. The molecule has 0 bridgehead atoms. The maximum Gasteiger partial charge on any atom is 0.231 e. The van der Waals surface area contributed by atoms with Crippen molar-refractivity contribution in [3.05, 3.63) is 46.6 Å². The van der Waals surface area contributed by atoms with Gasteiger partial charge in [-0.2, -0.15) is 0 Å². The van der Waals surface area contributed by atoms with Crippen molar-refractivity contribution in [1.82, 2.24) is 15.2 Å². The Morgan fingerprint density at radius 3 is 2.61 bits per heavy atom. The average molecular weight is 403 g/mol. The van der Waals surface area contributed by atoms with Crippen molar-refractivity contribution in [1.29, 1.82) is 0 Å². The molecule has 1 fully saturated rings. The number of piperazine rings is 1. The van der Waals surface area contributed by atoms with Crippen LogP contribution in [0.25, 0.3) is 0 Å². The molecule has 2 aromatic rings. The topological polar surface area (TPSA) is 66.9 Å². The van der Waals surface area contributed by atoms with E-state index in [1.165, 1.54) is 0 Å². The Hall–Kier alpha value is -2.51. The third kappa shape index (κ3) is 4.00. The lowest BCUT2D eigenvalue weighted by Crippen LogP contribution is -2.48. The molecular weight excluding hydrogens is 380 g/mol. The molecule has 148 valence electrons. The summed E-state index contributed by atoms with van der Waals surface area (Å²) in [5, 5.41) is 4.10. The number of anilines is 1. The maximum absolute atomic E-state index is 11.5. The second-order valence-electron chi connectivity index (χ2n) is 6.88. The lowest BCUT2D eigenvalue weighted by atomic mass is 10.1. The van der Waals surface area contributed by atoms with Gasteiger partial charge in [-0.25, -0.2) is 4.98 Å². The summed E-state index contributed by atoms with van der Waals surface area (Å²) in [4.78, 5) is 20.2. The number of halogens is 1. The van der Waals surface area contributed by atoms with Crippen molar-refractivity contribution in [2.75, 3.05) is 37.9 Å². The van der Waals surface area contributed by atoms with Crippen molar-refractivity contribution in [2.45, 2.75) is 20.0 Å². The molecule has 8 heteroatoms. The van der Waals surface area contributed by atoms with Crippen molar-refractivity contribution in [3.8, 4) is 11.5 Å². The highest BCUT2D eigenvalue weighted by Gasteiger charge is 2.21. The van der Waals surface area contributed by atoms with Gasteiger partial charge in [0.05, 0.1) is 0 Å². The SMILES string of the molecule is CC(=O)N1CCN(c2ncccc2CNCc2cc3c(cc2Cl)OCO3)CC1. The van der Waals surface area contributed by atoms with E-state index in [-0.39, 0.29) is 12.7 Å². The van der Waals surface area contributed by atoms with E-state index in [0.717, 1.165) is 48.9 Å². The highest BCUT2D eigenvalue weighted by atomic mass is 35.5. The zero-order valence-corrected chi connectivity index (χ0v) is 16.5. The fourth-order valence-electron chi connectivity index (χ4n) is 3.51. The van der Waals surface area contributed by atoms with Crippen LogP contribution in [0.5, 0.6) is 11.5 Å². The first-order valence-electron chi connectivity index (χ1n) is 9.35. The standard InChI is InChI=1S/C20H23ClN4O3/c1-14(26)24-5-7-25(8-6-24)20-15(3-2-4-23-20)11-22-12-16-9-18-19(10-17(16)21)28-13-27-18/h2-4,9-10,22H,5-8,11-13H2,1H3. The van der Waals surface area contributed by atoms with Crippen molar-refractivity contribution in [3.63, 3.8) is 0 Å². The quantitative estimate of drug-likeness (QED) is 0.828. The third-order valence-electron chi connectivity index (χ3n) is 5.06. The number of benzene rings is 1. The van der Waals surface area contributed by atoms with E-state index in [4.69, 9.17) is 21.1 Å². The Balaban J connectivity index is 1.39. The normalized spacial score (nSPS) is 15.8. The second-order valence-corrected chi connectivity index (χ2v) is 7.29. The molecule has 0 atom stereocenters. The van der Waals surface area contributed by atoms with Gasteiger partial charge in [0, 0.05) is 69.0 Å². The highest BCUT2D eigenvalue weighted by Crippen LogP contribution is 2.36. The van der Waals surface area contributed by atoms with Crippen LogP contribution >= 0.6 is 11.6 Å². The number of hydrogen-bond acceptors (Lipinski definition) is 6. The van der Waals surface area contributed by atoms with Gasteiger partial charge in [0.2, 0.25) is 12.7 Å². The van der Waals surface area contributed by atoms with Gasteiger partial charge in [-0.05, 0) is 17.7 Å². The summed E-state index contributed by atoms with van der Waals surface area (Å²) in [5.74, 6) is 2.51. The molecule has 3 heterocycles. The van der Waals surface area contributed by atoms with Gasteiger partial charge in [-0.15, -0.1) is 0 Å². The number of aromatic nitrogens is 1. The van der Waals surface area contributed by atoms with Crippen LogP contribution < -0.4 is 19.7 Å². The molecule has 28 heavy (non-hydrogen) atoms. The highest BCUT2D eigenvalue weighted by molar-refractivity contribution is 6.31. The molecule has 0 aliphatic carbocycles. The first kappa shape index (κ1) is 18.8. The average Bonchev–Trinajstić information content (AvgIpc) is 3.15. The molecule has 0 saturated carbocycles. The van der Waals surface area contributed by atoms with E-state index in [1.807, 2.05) is 23.2 Å². The number of rotatable bonds is 5. The van der Waals surface area contributed by atoms with Crippen LogP contribution in [0.4, 0.5) is 5.82 Å². The number of amides is 1. The Bertz CT molecular complexity index is 869. The molecule has 2 aliphatic heterocycles. The zero-order valence-electron chi connectivity index (χ0n) is 15.8. The van der Waals surface area contributed by atoms with Crippen molar-refractivity contribution < 1.29 is 14.3 Å². The number of pyridine rings is 1. The number of nitrogens with one attached hydrogen (secondary N) is 1. The number of fused-ring (bicyclic) bond motifs is 1. The lowest BCUT2D eigenvalue weighted by molar-refractivity contribution is -0.129. The summed E-state index contributed by atoms with van der Waals surface area (Å²) in [6.45, 7) is 6.17. The predicted octanol–water partition coefficient (Wildman–Crippen LogP) is 2.42. The third-order valence-corrected chi connectivity index (χ3v) is 5.42. The summed E-state index contributed by atoms with van der Waals surface area (Å²) in [6, 6.07) is 7.74. The van der Waals surface area contributed by atoms with Crippen molar-refractivity contribution >= 4 is 23.3 Å². The van der Waals surface area contributed by atoms with Crippen LogP contribution in [0.2, 0.25) is 5.02 Å². The lowest BCUT2D eigenvalue weighted by Gasteiger charge is -2.35. The predicted molar refractivity (Wildman–Crippen MR) is 107 cm³/mol. The van der Waals surface area contributed by atoms with Crippen LogP contribution in [0.3, 0.4) is 0 Å². The first-order valence-corrected chi connectivity index (χ1v) is 9.72. The molecule has 1 N–H and O–H groups in total. The van der Waals surface area contributed by atoms with Gasteiger partial charge in [0.1, 0.15) is 5.82 Å². The molecule has 7 nitrogen and oxygen atoms in total. The minimum Gasteiger partial charge on any atom is -0.454 e. The van der Waals surface area contributed by atoms with E-state index < -0.39 is 0 Å². The summed E-state index contributed by atoms with van der Waals surface area (Å²) in [6.07, 6.45) is 1.81. The molecule has 0 radical (unpaired) electrons. The van der Waals surface area contributed by atoms with E-state index in [9.17, 15) is 4.79 Å². The monoisotopic (exact) mass is 402 g/mol. The molecular formula is C20H23ClN4O3. The first-order chi connectivity index (χ1) is 13.6. The fraction of sp³-hybridized carbons (Fsp3) is 0.400. The fourth-order valence-corrected chi connectivity index (χ4v) is 3.73. The molecule has 0 spiro atoms. The largest absolute Gasteiger partial charge is 0.454 e. The zero-order chi connectivity index (χ0) is 19.5. The molecule has 1 aromatic heterocycles. The number of carbonyl (C=O) groups excluding carboxylic acids is 1. The maximum atomic E-state index is 11.5. The van der Waals surface area contributed by atoms with E-state index >= 15 is 0 Å². The number of ether oxygens (including phenoxy) is 2. The number of hydrogen-bond donors (Lipinski definition) is 1. The van der Waals surface area contributed by atoms with Gasteiger partial charge < -0.3 is 24.6 Å². The number of carbonyl (C=O) groups is 1. The Labute approximate surface area is 169 Å². The smallest absolute Gasteiger partial charge is 0.231 e. The molecule has 1 aromatic carbocycles. The Morgan fingerprint density at radius 2 is 1.86 bits per heavy atom. The van der Waals surface area contributed by atoms with Gasteiger partial charge in [0.25, 0.3) is 0 Å². The Kier molecular flexibility index (Phi) is 5.54. The van der Waals surface area contributed by atoms with E-state index in [2.05, 4.69) is 21.3 Å². The summed E-state index contributed by atoms with van der Waals surface area (Å²) in [7, 11) is 0. The molecule has 1 saturated heterocycles. The van der Waals surface area contributed by atoms with Gasteiger partial charge >= 0.3 is 0 Å². The van der Waals surface area contributed by atoms with Crippen LogP contribution in [-0.2, 0) is 17.9 Å². The van der Waals surface area contributed by atoms with Gasteiger partial charge in [-0.1, -0.05) is 17.7 Å². The molecule has 0 unspecified atom stereocenters. The second kappa shape index (κ2) is 8.24. The Morgan fingerprint density at radius 1 is 1.14 bits per heavy atom. The summed E-state index contributed by atoms with van der Waals surface area (Å²) >= 11 is 6.35. The summed E-state index contributed by atoms with van der Waals surface area (Å²) < 4.78 is 10.8. The van der Waals surface area contributed by atoms with Crippen LogP contribution in [0.15, 0.2) is 30.5 Å². The minimum atomic E-state index is 0.128. The van der Waals surface area contributed by atoms with Crippen LogP contribution in [-0.4, -0.2) is 48.8 Å². The molecule has 2 aliphatic rings. The van der Waals surface area contributed by atoms with Gasteiger partial charge in [0.15, 0.2) is 11.5 Å². The van der Waals surface area contributed by atoms with E-state index in [0.29, 0.717) is 23.9 Å². The van der Waals surface area contributed by atoms with Crippen LogP contribution in [0, 0.1) is 0 Å². The van der Waals surface area contributed by atoms with E-state index in [1.54, 1.807) is 13.0 Å². The minimum absolute atomic E-state index is 0.128. The van der Waals surface area contributed by atoms with Crippen molar-refractivity contribution in [2.24, 2.45) is 0 Å². The van der Waals surface area contributed by atoms with Gasteiger partial charge in [-0.3, -0.25) is 4.79 Å².